The maximum Gasteiger partial charge on any atom is 0.227 e. The quantitative estimate of drug-likeness (QED) is 0.465. The molecule has 2 aromatic carbocycles. The van der Waals surface area contributed by atoms with Crippen LogP contribution in [0.5, 0.6) is 0 Å². The Kier molecular flexibility index (Phi) is 7.40. The Morgan fingerprint density at radius 1 is 0.800 bits per heavy atom. The molecule has 0 bridgehead atoms. The number of hydrogen-bond donors (Lipinski definition) is 0. The number of carbonyl (C=O) groups is 1. The van der Waals surface area contributed by atoms with Gasteiger partial charge in [0.1, 0.15) is 0 Å². The molecule has 1 aromatic heterocycles. The van der Waals surface area contributed by atoms with Crippen molar-refractivity contribution >= 4 is 40.7 Å². The van der Waals surface area contributed by atoms with Crippen LogP contribution in [0.3, 0.4) is 0 Å². The van der Waals surface area contributed by atoms with Crippen molar-refractivity contribution in [3.8, 4) is 11.3 Å². The van der Waals surface area contributed by atoms with E-state index in [-0.39, 0.29) is 12.3 Å². The number of rotatable bonds is 5. The number of halogens is 2. The molecule has 182 valence electrons. The summed E-state index contributed by atoms with van der Waals surface area (Å²) in [6.07, 6.45) is 5.78. The molecule has 1 amide bonds. The number of amides is 1. The van der Waals surface area contributed by atoms with Crippen LogP contribution < -0.4 is 9.80 Å². The van der Waals surface area contributed by atoms with Crippen molar-refractivity contribution in [3.63, 3.8) is 0 Å². The first-order valence-corrected chi connectivity index (χ1v) is 13.0. The monoisotopic (exact) mass is 509 g/mol. The molecule has 0 atom stereocenters. The first-order chi connectivity index (χ1) is 17.1. The van der Waals surface area contributed by atoms with Gasteiger partial charge in [0.25, 0.3) is 0 Å². The topological polar surface area (TPSA) is 52.6 Å². The van der Waals surface area contributed by atoms with Gasteiger partial charge >= 0.3 is 0 Å². The zero-order valence-corrected chi connectivity index (χ0v) is 21.2. The summed E-state index contributed by atoms with van der Waals surface area (Å²) in [5.41, 5.74) is 3.88. The van der Waals surface area contributed by atoms with Crippen LogP contribution in [-0.2, 0) is 11.2 Å². The Morgan fingerprint density at radius 2 is 1.49 bits per heavy atom. The van der Waals surface area contributed by atoms with Gasteiger partial charge in [-0.05, 0) is 55.2 Å². The van der Waals surface area contributed by atoms with Gasteiger partial charge < -0.3 is 14.7 Å². The van der Waals surface area contributed by atoms with E-state index in [1.165, 1.54) is 19.3 Å². The average molecular weight is 510 g/mol. The highest BCUT2D eigenvalue weighted by Crippen LogP contribution is 2.27. The Morgan fingerprint density at radius 3 is 2.17 bits per heavy atom. The second-order valence-electron chi connectivity index (χ2n) is 9.08. The van der Waals surface area contributed by atoms with E-state index in [1.54, 1.807) is 18.2 Å². The zero-order chi connectivity index (χ0) is 24.2. The minimum atomic E-state index is 0.0586. The summed E-state index contributed by atoms with van der Waals surface area (Å²) in [5, 5.41) is 1.08. The van der Waals surface area contributed by atoms with E-state index in [0.29, 0.717) is 28.7 Å². The highest BCUT2D eigenvalue weighted by atomic mass is 35.5. The second-order valence-corrected chi connectivity index (χ2v) is 9.90. The third-order valence-corrected chi connectivity index (χ3v) is 7.54. The van der Waals surface area contributed by atoms with Crippen molar-refractivity contribution in [2.24, 2.45) is 0 Å². The standard InChI is InChI=1S/C27H29Cl2N5O/c28-23-5-4-6-24(29)22(23)19-26(35)33-17-15-32(16-18-33)21-9-7-20(8-10-21)25-11-12-30-27(31-25)34-13-2-1-3-14-34/h4-12H,1-3,13-19H2. The molecule has 8 heteroatoms. The first-order valence-electron chi connectivity index (χ1n) is 12.2. The normalized spacial score (nSPS) is 16.5. The molecular formula is C27H29Cl2N5O. The number of aromatic nitrogens is 2. The van der Waals surface area contributed by atoms with Gasteiger partial charge in [0.05, 0.1) is 12.1 Å². The van der Waals surface area contributed by atoms with E-state index >= 15 is 0 Å². The molecule has 3 aromatic rings. The molecular weight excluding hydrogens is 481 g/mol. The molecule has 0 radical (unpaired) electrons. The SMILES string of the molecule is O=C(Cc1c(Cl)cccc1Cl)N1CCN(c2ccc(-c3ccnc(N4CCCCC4)n3)cc2)CC1. The molecule has 0 aliphatic carbocycles. The highest BCUT2D eigenvalue weighted by molar-refractivity contribution is 6.36. The van der Waals surface area contributed by atoms with Crippen molar-refractivity contribution in [1.82, 2.24) is 14.9 Å². The predicted octanol–water partition coefficient (Wildman–Crippen LogP) is 5.33. The van der Waals surface area contributed by atoms with E-state index in [2.05, 4.69) is 39.0 Å². The number of piperazine rings is 1. The molecule has 35 heavy (non-hydrogen) atoms. The lowest BCUT2D eigenvalue weighted by Crippen LogP contribution is -2.49. The second kappa shape index (κ2) is 10.8. The average Bonchev–Trinajstić information content (AvgIpc) is 2.91. The fraction of sp³-hybridized carbons (Fsp3) is 0.370. The molecule has 0 saturated carbocycles. The Labute approximate surface area is 216 Å². The first kappa shape index (κ1) is 23.9. The lowest BCUT2D eigenvalue weighted by atomic mass is 10.1. The summed E-state index contributed by atoms with van der Waals surface area (Å²) < 4.78 is 0. The molecule has 5 rings (SSSR count). The Hall–Kier alpha value is -2.83. The molecule has 2 saturated heterocycles. The van der Waals surface area contributed by atoms with Crippen LogP contribution in [0.4, 0.5) is 11.6 Å². The minimum Gasteiger partial charge on any atom is -0.368 e. The lowest BCUT2D eigenvalue weighted by molar-refractivity contribution is -0.130. The van der Waals surface area contributed by atoms with Crippen molar-refractivity contribution in [1.29, 1.82) is 0 Å². The number of anilines is 2. The molecule has 6 nitrogen and oxygen atoms in total. The summed E-state index contributed by atoms with van der Waals surface area (Å²) >= 11 is 12.5. The number of nitrogens with zero attached hydrogens (tertiary/aromatic N) is 5. The number of piperidine rings is 1. The van der Waals surface area contributed by atoms with E-state index in [9.17, 15) is 4.79 Å². The fourth-order valence-corrected chi connectivity index (χ4v) is 5.31. The van der Waals surface area contributed by atoms with Crippen molar-refractivity contribution < 1.29 is 4.79 Å². The zero-order valence-electron chi connectivity index (χ0n) is 19.7. The van der Waals surface area contributed by atoms with Crippen LogP contribution in [0.2, 0.25) is 10.0 Å². The molecule has 0 spiro atoms. The van der Waals surface area contributed by atoms with Crippen LogP contribution in [0.15, 0.2) is 54.7 Å². The van der Waals surface area contributed by atoms with Crippen LogP contribution in [0, 0.1) is 0 Å². The van der Waals surface area contributed by atoms with Crippen LogP contribution >= 0.6 is 23.2 Å². The van der Waals surface area contributed by atoms with Crippen LogP contribution in [-0.4, -0.2) is 60.0 Å². The molecule has 3 heterocycles. The maximum absolute atomic E-state index is 12.8. The van der Waals surface area contributed by atoms with Crippen molar-refractivity contribution in [2.75, 3.05) is 49.1 Å². The van der Waals surface area contributed by atoms with Gasteiger partial charge in [0.2, 0.25) is 11.9 Å². The third-order valence-electron chi connectivity index (χ3n) is 6.83. The smallest absolute Gasteiger partial charge is 0.227 e. The predicted molar refractivity (Wildman–Crippen MR) is 142 cm³/mol. The third kappa shape index (κ3) is 5.54. The maximum atomic E-state index is 12.8. The van der Waals surface area contributed by atoms with E-state index < -0.39 is 0 Å². The summed E-state index contributed by atoms with van der Waals surface area (Å²) in [5.74, 6) is 0.883. The fourth-order valence-electron chi connectivity index (χ4n) is 4.78. The van der Waals surface area contributed by atoms with Crippen molar-refractivity contribution in [2.45, 2.75) is 25.7 Å². The van der Waals surface area contributed by atoms with Crippen LogP contribution in [0.1, 0.15) is 24.8 Å². The summed E-state index contributed by atoms with van der Waals surface area (Å²) in [7, 11) is 0. The minimum absolute atomic E-state index is 0.0586. The Balaban J connectivity index is 1.19. The van der Waals surface area contributed by atoms with Gasteiger partial charge in [0, 0.05) is 66.8 Å². The molecule has 2 fully saturated rings. The molecule has 0 unspecified atom stereocenters. The summed E-state index contributed by atoms with van der Waals surface area (Å²) in [6.45, 7) is 4.98. The van der Waals surface area contributed by atoms with Gasteiger partial charge in [0.15, 0.2) is 0 Å². The highest BCUT2D eigenvalue weighted by Gasteiger charge is 2.23. The van der Waals surface area contributed by atoms with Crippen molar-refractivity contribution in [3.05, 3.63) is 70.3 Å². The Bertz CT molecular complexity index is 1150. The van der Waals surface area contributed by atoms with E-state index in [4.69, 9.17) is 28.2 Å². The van der Waals surface area contributed by atoms with E-state index in [0.717, 1.165) is 49.1 Å². The van der Waals surface area contributed by atoms with Gasteiger partial charge in [-0.25, -0.2) is 9.97 Å². The van der Waals surface area contributed by atoms with Crippen LogP contribution in [0.25, 0.3) is 11.3 Å². The molecule has 0 N–H and O–H groups in total. The molecule has 2 aliphatic heterocycles. The van der Waals surface area contributed by atoms with Gasteiger partial charge in [-0.1, -0.05) is 41.4 Å². The number of benzene rings is 2. The largest absolute Gasteiger partial charge is 0.368 e. The lowest BCUT2D eigenvalue weighted by Gasteiger charge is -2.36. The summed E-state index contributed by atoms with van der Waals surface area (Å²) in [4.78, 5) is 28.6. The summed E-state index contributed by atoms with van der Waals surface area (Å²) in [6, 6.07) is 15.8. The van der Waals surface area contributed by atoms with Gasteiger partial charge in [-0.3, -0.25) is 4.79 Å². The van der Waals surface area contributed by atoms with Gasteiger partial charge in [-0.2, -0.15) is 0 Å². The van der Waals surface area contributed by atoms with E-state index in [1.807, 2.05) is 17.2 Å². The number of hydrogen-bond acceptors (Lipinski definition) is 5. The van der Waals surface area contributed by atoms with Gasteiger partial charge in [-0.15, -0.1) is 0 Å². The molecule has 2 aliphatic rings. The number of carbonyl (C=O) groups excluding carboxylic acids is 1.